The molecule has 2 rings (SSSR count). The molecule has 1 aromatic carbocycles. The van der Waals surface area contributed by atoms with Crippen LogP contribution in [0.15, 0.2) is 24.3 Å². The van der Waals surface area contributed by atoms with Gasteiger partial charge in [-0.1, -0.05) is 45.0 Å². The van der Waals surface area contributed by atoms with Gasteiger partial charge in [0.25, 0.3) is 0 Å². The molecule has 1 amide bonds. The van der Waals surface area contributed by atoms with E-state index in [2.05, 4.69) is 38.1 Å². The number of benzene rings is 1. The highest BCUT2D eigenvalue weighted by Gasteiger charge is 2.34. The second kappa shape index (κ2) is 7.62. The molecular formula is C19H27NO3. The monoisotopic (exact) mass is 317 g/mol. The number of aryl methyl sites for hydroxylation is 1. The molecule has 1 fully saturated rings. The number of rotatable bonds is 8. The van der Waals surface area contributed by atoms with Crippen molar-refractivity contribution in [2.24, 2.45) is 5.92 Å². The van der Waals surface area contributed by atoms with Crippen molar-refractivity contribution in [3.05, 3.63) is 35.4 Å². The summed E-state index contributed by atoms with van der Waals surface area (Å²) in [6.45, 7) is 6.31. The van der Waals surface area contributed by atoms with Crippen LogP contribution in [0, 0.1) is 5.92 Å². The number of hydrogen-bond acceptors (Lipinski definition) is 2. The van der Waals surface area contributed by atoms with E-state index in [1.54, 1.807) is 11.8 Å². The van der Waals surface area contributed by atoms with Gasteiger partial charge in [-0.3, -0.25) is 9.59 Å². The average molecular weight is 317 g/mol. The maximum Gasteiger partial charge on any atom is 0.308 e. The highest BCUT2D eigenvalue weighted by atomic mass is 16.4. The van der Waals surface area contributed by atoms with E-state index in [0.29, 0.717) is 25.3 Å². The topological polar surface area (TPSA) is 57.6 Å². The number of hydrogen-bond donors (Lipinski definition) is 1. The summed E-state index contributed by atoms with van der Waals surface area (Å²) in [5.41, 5.74) is 2.46. The Morgan fingerprint density at radius 3 is 2.26 bits per heavy atom. The largest absolute Gasteiger partial charge is 0.481 e. The molecular weight excluding hydrogens is 290 g/mol. The molecule has 4 nitrogen and oxygen atoms in total. The minimum atomic E-state index is -0.840. The van der Waals surface area contributed by atoms with Gasteiger partial charge in [0, 0.05) is 19.0 Å². The number of nitrogens with zero attached hydrogens (tertiary/aromatic N) is 1. The van der Waals surface area contributed by atoms with Crippen LogP contribution in [0.3, 0.4) is 0 Å². The predicted molar refractivity (Wildman–Crippen MR) is 90.4 cm³/mol. The van der Waals surface area contributed by atoms with Crippen molar-refractivity contribution in [1.29, 1.82) is 0 Å². The lowest BCUT2D eigenvalue weighted by molar-refractivity contribution is -0.143. The molecule has 0 bridgehead atoms. The molecule has 1 unspecified atom stereocenters. The predicted octanol–water partition coefficient (Wildman–Crippen LogP) is 3.45. The third-order valence-electron chi connectivity index (χ3n) is 4.47. The molecule has 0 spiro atoms. The number of carbonyl (C=O) groups is 2. The molecule has 0 radical (unpaired) electrons. The number of carboxylic acid groups (broad SMARTS) is 1. The smallest absolute Gasteiger partial charge is 0.308 e. The second-order valence-electron chi connectivity index (χ2n) is 6.91. The first-order valence-corrected chi connectivity index (χ1v) is 8.49. The lowest BCUT2D eigenvalue weighted by Gasteiger charge is -2.24. The minimum absolute atomic E-state index is 0.0773. The Bertz CT molecular complexity index is 546. The van der Waals surface area contributed by atoms with Crippen LogP contribution < -0.4 is 0 Å². The molecule has 126 valence electrons. The molecule has 4 heteroatoms. The van der Waals surface area contributed by atoms with E-state index in [-0.39, 0.29) is 11.9 Å². The van der Waals surface area contributed by atoms with Crippen LogP contribution >= 0.6 is 0 Å². The molecule has 0 aliphatic heterocycles. The third kappa shape index (κ3) is 5.08. The zero-order valence-corrected chi connectivity index (χ0v) is 14.3. The van der Waals surface area contributed by atoms with Crippen molar-refractivity contribution in [1.82, 2.24) is 4.90 Å². The normalized spacial score (nSPS) is 15.5. The van der Waals surface area contributed by atoms with Gasteiger partial charge < -0.3 is 10.0 Å². The Balaban J connectivity index is 1.90. The van der Waals surface area contributed by atoms with Crippen molar-refractivity contribution in [2.45, 2.75) is 58.4 Å². The van der Waals surface area contributed by atoms with Gasteiger partial charge in [-0.25, -0.2) is 0 Å². The van der Waals surface area contributed by atoms with Gasteiger partial charge in [-0.05, 0) is 36.3 Å². The van der Waals surface area contributed by atoms with Crippen molar-refractivity contribution in [3.63, 3.8) is 0 Å². The zero-order valence-electron chi connectivity index (χ0n) is 14.3. The summed E-state index contributed by atoms with van der Waals surface area (Å²) in [6, 6.07) is 8.67. The summed E-state index contributed by atoms with van der Waals surface area (Å²) in [4.78, 5) is 25.3. The van der Waals surface area contributed by atoms with E-state index < -0.39 is 11.9 Å². The van der Waals surface area contributed by atoms with Crippen LogP contribution in [-0.2, 0) is 16.0 Å². The number of carbonyl (C=O) groups excluding carboxylic acids is 1. The summed E-state index contributed by atoms with van der Waals surface area (Å²) in [5, 5.41) is 9.06. The van der Waals surface area contributed by atoms with Crippen LogP contribution in [0.5, 0.6) is 0 Å². The van der Waals surface area contributed by atoms with Crippen LogP contribution in [0.1, 0.15) is 57.1 Å². The summed E-state index contributed by atoms with van der Waals surface area (Å²) in [5.74, 6) is -0.764. The molecule has 1 saturated carbocycles. The lowest BCUT2D eigenvalue weighted by atomic mass is 10.00. The van der Waals surface area contributed by atoms with Crippen molar-refractivity contribution in [3.8, 4) is 0 Å². The molecule has 0 saturated heterocycles. The molecule has 1 aromatic rings. The van der Waals surface area contributed by atoms with E-state index in [0.717, 1.165) is 18.4 Å². The summed E-state index contributed by atoms with van der Waals surface area (Å²) in [6.07, 6.45) is 3.16. The fourth-order valence-electron chi connectivity index (χ4n) is 2.68. The molecule has 0 heterocycles. The van der Waals surface area contributed by atoms with Crippen LogP contribution in [0.25, 0.3) is 0 Å². The molecule has 0 aromatic heterocycles. The van der Waals surface area contributed by atoms with E-state index in [1.807, 2.05) is 0 Å². The summed E-state index contributed by atoms with van der Waals surface area (Å²) >= 11 is 0. The zero-order chi connectivity index (χ0) is 17.0. The quantitative estimate of drug-likeness (QED) is 0.799. The number of carboxylic acids is 1. The Morgan fingerprint density at radius 2 is 1.78 bits per heavy atom. The fourth-order valence-corrected chi connectivity index (χ4v) is 2.68. The van der Waals surface area contributed by atoms with E-state index in [4.69, 9.17) is 5.11 Å². The highest BCUT2D eigenvalue weighted by molar-refractivity contribution is 5.78. The van der Waals surface area contributed by atoms with Gasteiger partial charge in [0.05, 0.1) is 5.92 Å². The van der Waals surface area contributed by atoms with Gasteiger partial charge >= 0.3 is 5.97 Å². The summed E-state index contributed by atoms with van der Waals surface area (Å²) in [7, 11) is 0. The van der Waals surface area contributed by atoms with Gasteiger partial charge in [0.15, 0.2) is 0 Å². The van der Waals surface area contributed by atoms with Gasteiger partial charge in [-0.2, -0.15) is 0 Å². The molecule has 23 heavy (non-hydrogen) atoms. The van der Waals surface area contributed by atoms with Crippen LogP contribution in [0.2, 0.25) is 0 Å². The highest BCUT2D eigenvalue weighted by Crippen LogP contribution is 2.28. The summed E-state index contributed by atoms with van der Waals surface area (Å²) < 4.78 is 0. The lowest BCUT2D eigenvalue weighted by Crippen LogP contribution is -2.38. The van der Waals surface area contributed by atoms with E-state index in [1.165, 1.54) is 5.56 Å². The van der Waals surface area contributed by atoms with Crippen molar-refractivity contribution in [2.75, 3.05) is 6.54 Å². The Hall–Kier alpha value is -1.84. The van der Waals surface area contributed by atoms with Crippen molar-refractivity contribution < 1.29 is 14.7 Å². The number of amides is 1. The second-order valence-corrected chi connectivity index (χ2v) is 6.91. The Morgan fingerprint density at radius 1 is 1.17 bits per heavy atom. The molecule has 1 aliphatic carbocycles. The Kier molecular flexibility index (Phi) is 5.80. The molecule has 1 aliphatic rings. The minimum Gasteiger partial charge on any atom is -0.481 e. The first-order valence-electron chi connectivity index (χ1n) is 8.49. The third-order valence-corrected chi connectivity index (χ3v) is 4.47. The van der Waals surface area contributed by atoms with Gasteiger partial charge in [0.1, 0.15) is 0 Å². The maximum atomic E-state index is 12.5. The SMILES string of the molecule is CC(CN(C(=O)CCc1ccc(C(C)C)cc1)C1CC1)C(=O)O. The fraction of sp³-hybridized carbons (Fsp3) is 0.579. The van der Waals surface area contributed by atoms with E-state index >= 15 is 0 Å². The van der Waals surface area contributed by atoms with Crippen molar-refractivity contribution >= 4 is 11.9 Å². The van der Waals surface area contributed by atoms with Gasteiger partial charge in [0.2, 0.25) is 5.91 Å². The number of aliphatic carboxylic acids is 1. The van der Waals surface area contributed by atoms with E-state index in [9.17, 15) is 9.59 Å². The first kappa shape index (κ1) is 17.5. The average Bonchev–Trinajstić information content (AvgIpc) is 3.34. The Labute approximate surface area is 138 Å². The standard InChI is InChI=1S/C19H27NO3/c1-13(2)16-7-4-15(5-8-16)6-11-18(21)20(17-9-10-17)12-14(3)19(22)23/h4-5,7-8,13-14,17H,6,9-12H2,1-3H3,(H,22,23). The molecule has 1 N–H and O–H groups in total. The first-order chi connectivity index (χ1) is 10.9. The van der Waals surface area contributed by atoms with Gasteiger partial charge in [-0.15, -0.1) is 0 Å². The maximum absolute atomic E-state index is 12.5. The van der Waals surface area contributed by atoms with Crippen LogP contribution in [0.4, 0.5) is 0 Å². The van der Waals surface area contributed by atoms with Crippen LogP contribution in [-0.4, -0.2) is 34.5 Å². The molecule has 1 atom stereocenters.